The second-order valence-corrected chi connectivity index (χ2v) is 7.14. The summed E-state index contributed by atoms with van der Waals surface area (Å²) in [6, 6.07) is 12.8. The molecule has 2 heterocycles. The number of carbonyl (C=O) groups is 1. The largest absolute Gasteiger partial charge is 0.324 e. The molecule has 3 rings (SSSR count). The predicted octanol–water partition coefficient (Wildman–Crippen LogP) is 3.94. The van der Waals surface area contributed by atoms with Gasteiger partial charge in [0.2, 0.25) is 0 Å². The summed E-state index contributed by atoms with van der Waals surface area (Å²) in [7, 11) is 1.89. The lowest BCUT2D eigenvalue weighted by Crippen LogP contribution is -2.45. The summed E-state index contributed by atoms with van der Waals surface area (Å²) < 4.78 is 0. The fourth-order valence-corrected chi connectivity index (χ4v) is 3.80. The summed E-state index contributed by atoms with van der Waals surface area (Å²) in [6.07, 6.45) is 2.03. The number of hydrogen-bond acceptors (Lipinski definition) is 3. The zero-order valence-corrected chi connectivity index (χ0v) is 14.5. The van der Waals surface area contributed by atoms with Gasteiger partial charge in [0, 0.05) is 18.0 Å². The van der Waals surface area contributed by atoms with Gasteiger partial charge in [-0.3, -0.25) is 5.32 Å². The molecular weight excluding hydrogens is 306 g/mol. The Balaban J connectivity index is 1.65. The number of hydrogen-bond donors (Lipinski definition) is 2. The van der Waals surface area contributed by atoms with Gasteiger partial charge < -0.3 is 10.2 Å². The highest BCUT2D eigenvalue weighted by molar-refractivity contribution is 7.19. The number of nitrogens with one attached hydrogen (secondary N) is 2. The first kappa shape index (κ1) is 16.0. The number of carbonyl (C=O) groups excluding carboxylic acids is 1. The minimum Gasteiger partial charge on any atom is -0.324 e. The number of aryl methyl sites for hydroxylation is 1. The molecule has 0 atom stereocenters. The molecule has 1 aromatic heterocycles. The first-order valence-electron chi connectivity index (χ1n) is 8.05. The van der Waals surface area contributed by atoms with Gasteiger partial charge in [0.05, 0.1) is 5.00 Å². The normalized spacial score (nSPS) is 15.4. The molecule has 5 heteroatoms. The number of anilines is 1. The van der Waals surface area contributed by atoms with Gasteiger partial charge in [-0.05, 0) is 50.6 Å². The van der Waals surface area contributed by atoms with Gasteiger partial charge in [-0.2, -0.15) is 0 Å². The van der Waals surface area contributed by atoms with E-state index in [1.165, 1.54) is 16.0 Å². The maximum Gasteiger partial charge on any atom is 0.322 e. The van der Waals surface area contributed by atoms with Crippen LogP contribution in [0.3, 0.4) is 0 Å². The Labute approximate surface area is 141 Å². The molecule has 2 aromatic rings. The maximum absolute atomic E-state index is 12.4. The van der Waals surface area contributed by atoms with Crippen molar-refractivity contribution in [1.82, 2.24) is 10.2 Å². The van der Waals surface area contributed by atoms with Crippen LogP contribution in [0.1, 0.15) is 18.4 Å². The van der Waals surface area contributed by atoms with E-state index in [4.69, 9.17) is 0 Å². The number of piperidine rings is 1. The highest BCUT2D eigenvalue weighted by Crippen LogP contribution is 2.32. The van der Waals surface area contributed by atoms with Crippen LogP contribution < -0.4 is 10.6 Å². The molecule has 1 fully saturated rings. The Morgan fingerprint density at radius 2 is 2.04 bits per heavy atom. The smallest absolute Gasteiger partial charge is 0.322 e. The minimum atomic E-state index is -0.0189. The zero-order chi connectivity index (χ0) is 16.2. The van der Waals surface area contributed by atoms with E-state index >= 15 is 0 Å². The summed E-state index contributed by atoms with van der Waals surface area (Å²) >= 11 is 1.62. The first-order chi connectivity index (χ1) is 11.1. The quantitative estimate of drug-likeness (QED) is 0.896. The van der Waals surface area contributed by atoms with Crippen LogP contribution in [0.2, 0.25) is 0 Å². The van der Waals surface area contributed by atoms with Gasteiger partial charge in [-0.15, -0.1) is 11.3 Å². The Morgan fingerprint density at radius 1 is 1.26 bits per heavy atom. The van der Waals surface area contributed by atoms with Crippen LogP contribution in [0.15, 0.2) is 36.4 Å². The Hall–Kier alpha value is -1.85. The fourth-order valence-electron chi connectivity index (χ4n) is 2.91. The van der Waals surface area contributed by atoms with E-state index in [1.807, 2.05) is 18.0 Å². The molecule has 4 nitrogen and oxygen atoms in total. The summed E-state index contributed by atoms with van der Waals surface area (Å²) in [4.78, 5) is 15.4. The molecule has 23 heavy (non-hydrogen) atoms. The zero-order valence-electron chi connectivity index (χ0n) is 13.6. The third-order valence-electron chi connectivity index (χ3n) is 4.32. The number of thiophene rings is 1. The molecule has 1 saturated heterocycles. The summed E-state index contributed by atoms with van der Waals surface area (Å²) in [6.45, 7) is 4.06. The molecule has 0 saturated carbocycles. The fraction of sp³-hybridized carbons (Fsp3) is 0.389. The molecule has 122 valence electrons. The van der Waals surface area contributed by atoms with Crippen LogP contribution in [-0.4, -0.2) is 37.1 Å². The van der Waals surface area contributed by atoms with E-state index in [2.05, 4.69) is 47.9 Å². The average molecular weight is 329 g/mol. The number of nitrogens with zero attached hydrogens (tertiary/aromatic N) is 1. The Bertz CT molecular complexity index is 676. The summed E-state index contributed by atoms with van der Waals surface area (Å²) in [5.41, 5.74) is 2.44. The molecular formula is C18H23N3OS. The number of amides is 2. The van der Waals surface area contributed by atoms with Crippen LogP contribution in [0.4, 0.5) is 9.80 Å². The van der Waals surface area contributed by atoms with E-state index in [-0.39, 0.29) is 6.03 Å². The SMILES string of the molecule is Cc1cccc(-c2ccc(NC(=O)N(C)C3CCNCC3)s2)c1. The second-order valence-electron chi connectivity index (χ2n) is 6.06. The summed E-state index contributed by atoms with van der Waals surface area (Å²) in [5.74, 6) is 0. The molecule has 1 aromatic carbocycles. The lowest BCUT2D eigenvalue weighted by atomic mass is 10.1. The lowest BCUT2D eigenvalue weighted by Gasteiger charge is -2.31. The molecule has 0 aliphatic carbocycles. The topological polar surface area (TPSA) is 44.4 Å². The molecule has 2 N–H and O–H groups in total. The van der Waals surface area contributed by atoms with Crippen molar-refractivity contribution in [1.29, 1.82) is 0 Å². The van der Waals surface area contributed by atoms with Crippen molar-refractivity contribution in [3.8, 4) is 10.4 Å². The van der Waals surface area contributed by atoms with Crippen molar-refractivity contribution < 1.29 is 4.79 Å². The van der Waals surface area contributed by atoms with E-state index in [9.17, 15) is 4.79 Å². The van der Waals surface area contributed by atoms with Gasteiger partial charge in [-0.1, -0.05) is 29.8 Å². The summed E-state index contributed by atoms with van der Waals surface area (Å²) in [5, 5.41) is 7.25. The third kappa shape index (κ3) is 3.92. The van der Waals surface area contributed by atoms with Gasteiger partial charge in [0.25, 0.3) is 0 Å². The maximum atomic E-state index is 12.4. The third-order valence-corrected chi connectivity index (χ3v) is 5.37. The van der Waals surface area contributed by atoms with Crippen LogP contribution in [0.5, 0.6) is 0 Å². The first-order valence-corrected chi connectivity index (χ1v) is 8.86. The van der Waals surface area contributed by atoms with Crippen molar-refractivity contribution in [2.75, 3.05) is 25.5 Å². The van der Waals surface area contributed by atoms with Crippen molar-refractivity contribution >= 4 is 22.4 Å². The number of rotatable bonds is 3. The van der Waals surface area contributed by atoms with E-state index in [0.717, 1.165) is 30.9 Å². The van der Waals surface area contributed by atoms with Crippen molar-refractivity contribution in [2.24, 2.45) is 0 Å². The van der Waals surface area contributed by atoms with Crippen molar-refractivity contribution in [3.05, 3.63) is 42.0 Å². The molecule has 2 amide bonds. The Kier molecular flexibility index (Phi) is 4.98. The van der Waals surface area contributed by atoms with Crippen molar-refractivity contribution in [3.63, 3.8) is 0 Å². The number of benzene rings is 1. The highest BCUT2D eigenvalue weighted by atomic mass is 32.1. The van der Waals surface area contributed by atoms with Crippen molar-refractivity contribution in [2.45, 2.75) is 25.8 Å². The molecule has 0 unspecified atom stereocenters. The molecule has 1 aliphatic heterocycles. The predicted molar refractivity (Wildman–Crippen MR) is 97.2 cm³/mol. The highest BCUT2D eigenvalue weighted by Gasteiger charge is 2.22. The van der Waals surface area contributed by atoms with E-state index in [1.54, 1.807) is 11.3 Å². The van der Waals surface area contributed by atoms with Crippen LogP contribution in [-0.2, 0) is 0 Å². The lowest BCUT2D eigenvalue weighted by molar-refractivity contribution is 0.189. The van der Waals surface area contributed by atoms with Crippen LogP contribution in [0, 0.1) is 6.92 Å². The van der Waals surface area contributed by atoms with Gasteiger partial charge in [-0.25, -0.2) is 4.79 Å². The average Bonchev–Trinajstić information content (AvgIpc) is 3.03. The van der Waals surface area contributed by atoms with Gasteiger partial charge in [0.1, 0.15) is 0 Å². The van der Waals surface area contributed by atoms with Crippen LogP contribution in [0.25, 0.3) is 10.4 Å². The minimum absolute atomic E-state index is 0.0189. The standard InChI is InChI=1S/C18H23N3OS/c1-13-4-3-5-14(12-13)16-6-7-17(23-16)20-18(22)21(2)15-8-10-19-11-9-15/h3-7,12,15,19H,8-11H2,1-2H3,(H,20,22). The van der Waals surface area contributed by atoms with E-state index in [0.29, 0.717) is 6.04 Å². The van der Waals surface area contributed by atoms with Gasteiger partial charge in [0.15, 0.2) is 0 Å². The monoisotopic (exact) mass is 329 g/mol. The molecule has 0 bridgehead atoms. The number of urea groups is 1. The second kappa shape index (κ2) is 7.15. The Morgan fingerprint density at radius 3 is 2.78 bits per heavy atom. The van der Waals surface area contributed by atoms with E-state index < -0.39 is 0 Å². The molecule has 0 radical (unpaired) electrons. The molecule has 1 aliphatic rings. The van der Waals surface area contributed by atoms with Crippen LogP contribution >= 0.6 is 11.3 Å². The molecule has 0 spiro atoms. The van der Waals surface area contributed by atoms with Gasteiger partial charge >= 0.3 is 6.03 Å².